The summed E-state index contributed by atoms with van der Waals surface area (Å²) in [5.74, 6) is 0.558. The standard InChI is InChI=1S/C17H10Cl2N4/c18-12-4-3-6-15-16(12)22-17(23(15)19)14-8-7-11(10-21-14)13-5-1-2-9-20-13/h1-10H. The van der Waals surface area contributed by atoms with Crippen molar-refractivity contribution >= 4 is 34.4 Å². The van der Waals surface area contributed by atoms with Gasteiger partial charge in [-0.2, -0.15) is 0 Å². The van der Waals surface area contributed by atoms with Crippen LogP contribution in [0.15, 0.2) is 60.9 Å². The Morgan fingerprint density at radius 3 is 2.48 bits per heavy atom. The summed E-state index contributed by atoms with van der Waals surface area (Å²) in [7, 11) is 0. The summed E-state index contributed by atoms with van der Waals surface area (Å²) in [5.41, 5.74) is 3.89. The van der Waals surface area contributed by atoms with Crippen molar-refractivity contribution in [3.63, 3.8) is 0 Å². The van der Waals surface area contributed by atoms with Crippen LogP contribution in [0.3, 0.4) is 0 Å². The van der Waals surface area contributed by atoms with Gasteiger partial charge in [-0.25, -0.2) is 9.07 Å². The molecular weight excluding hydrogens is 331 g/mol. The molecule has 0 radical (unpaired) electrons. The van der Waals surface area contributed by atoms with Crippen LogP contribution in [0, 0.1) is 0 Å². The number of hydrogen-bond donors (Lipinski definition) is 0. The second-order valence-electron chi connectivity index (χ2n) is 4.97. The van der Waals surface area contributed by atoms with Crippen LogP contribution in [0.5, 0.6) is 0 Å². The van der Waals surface area contributed by atoms with Gasteiger partial charge in [0.05, 0.1) is 16.2 Å². The molecule has 0 unspecified atom stereocenters. The lowest BCUT2D eigenvalue weighted by molar-refractivity contribution is 1.19. The number of fused-ring (bicyclic) bond motifs is 1. The Kier molecular flexibility index (Phi) is 3.48. The molecule has 0 amide bonds. The molecule has 0 aliphatic heterocycles. The zero-order valence-electron chi connectivity index (χ0n) is 11.8. The second kappa shape index (κ2) is 5.65. The van der Waals surface area contributed by atoms with Crippen LogP contribution in [0.1, 0.15) is 0 Å². The summed E-state index contributed by atoms with van der Waals surface area (Å²) < 4.78 is 1.48. The van der Waals surface area contributed by atoms with Crippen molar-refractivity contribution in [3.05, 3.63) is 65.9 Å². The van der Waals surface area contributed by atoms with E-state index in [2.05, 4.69) is 15.0 Å². The Bertz CT molecular complexity index is 979. The average Bonchev–Trinajstić information content (AvgIpc) is 2.94. The highest BCUT2D eigenvalue weighted by molar-refractivity contribution is 6.35. The zero-order chi connectivity index (χ0) is 15.8. The summed E-state index contributed by atoms with van der Waals surface area (Å²) in [6.07, 6.45) is 3.51. The topological polar surface area (TPSA) is 43.6 Å². The van der Waals surface area contributed by atoms with E-state index >= 15 is 0 Å². The van der Waals surface area contributed by atoms with Gasteiger partial charge in [0.15, 0.2) is 5.82 Å². The van der Waals surface area contributed by atoms with Gasteiger partial charge in [0.25, 0.3) is 0 Å². The van der Waals surface area contributed by atoms with Gasteiger partial charge < -0.3 is 0 Å². The molecule has 1 aromatic carbocycles. The minimum absolute atomic E-state index is 0.558. The van der Waals surface area contributed by atoms with Gasteiger partial charge >= 0.3 is 0 Å². The van der Waals surface area contributed by atoms with Crippen LogP contribution >= 0.6 is 23.4 Å². The van der Waals surface area contributed by atoms with Crippen LogP contribution in [0.4, 0.5) is 0 Å². The van der Waals surface area contributed by atoms with Crippen LogP contribution in [-0.4, -0.2) is 19.0 Å². The minimum atomic E-state index is 0.558. The predicted molar refractivity (Wildman–Crippen MR) is 92.5 cm³/mol. The summed E-state index contributed by atoms with van der Waals surface area (Å²) in [4.78, 5) is 13.3. The van der Waals surface area contributed by atoms with Gasteiger partial charge in [0.1, 0.15) is 11.2 Å². The third-order valence-corrected chi connectivity index (χ3v) is 4.18. The van der Waals surface area contributed by atoms with E-state index in [4.69, 9.17) is 23.4 Å². The maximum atomic E-state index is 6.36. The van der Waals surface area contributed by atoms with Crippen molar-refractivity contribution in [2.24, 2.45) is 0 Å². The zero-order valence-corrected chi connectivity index (χ0v) is 13.3. The molecule has 23 heavy (non-hydrogen) atoms. The molecule has 0 aliphatic rings. The lowest BCUT2D eigenvalue weighted by atomic mass is 10.2. The van der Waals surface area contributed by atoms with Crippen molar-refractivity contribution in [3.8, 4) is 22.8 Å². The third kappa shape index (κ3) is 2.46. The smallest absolute Gasteiger partial charge is 0.174 e. The first-order valence-electron chi connectivity index (χ1n) is 6.95. The molecule has 4 nitrogen and oxygen atoms in total. The predicted octanol–water partition coefficient (Wildman–Crippen LogP) is 4.82. The van der Waals surface area contributed by atoms with E-state index < -0.39 is 0 Å². The Hall–Kier alpha value is -2.43. The molecule has 4 rings (SSSR count). The molecule has 6 heteroatoms. The normalized spacial score (nSPS) is 11.0. The molecule has 0 aliphatic carbocycles. The largest absolute Gasteiger partial charge is 0.256 e. The van der Waals surface area contributed by atoms with E-state index in [1.54, 1.807) is 18.5 Å². The van der Waals surface area contributed by atoms with Crippen molar-refractivity contribution in [2.75, 3.05) is 0 Å². The summed E-state index contributed by atoms with van der Waals surface area (Å²) >= 11 is 12.5. The number of imidazole rings is 1. The van der Waals surface area contributed by atoms with Crippen LogP contribution in [0.2, 0.25) is 5.02 Å². The summed E-state index contributed by atoms with van der Waals surface area (Å²) in [5, 5.41) is 0.563. The second-order valence-corrected chi connectivity index (χ2v) is 5.72. The Morgan fingerprint density at radius 2 is 1.78 bits per heavy atom. The Labute approximate surface area is 142 Å². The number of nitrogens with zero attached hydrogens (tertiary/aromatic N) is 4. The van der Waals surface area contributed by atoms with Gasteiger partial charge in [0.2, 0.25) is 0 Å². The fourth-order valence-corrected chi connectivity index (χ4v) is 2.88. The van der Waals surface area contributed by atoms with E-state index in [9.17, 15) is 0 Å². The monoisotopic (exact) mass is 340 g/mol. The number of para-hydroxylation sites is 1. The number of aromatic nitrogens is 4. The van der Waals surface area contributed by atoms with Crippen molar-refractivity contribution in [1.82, 2.24) is 19.0 Å². The molecule has 4 aromatic rings. The van der Waals surface area contributed by atoms with E-state index in [0.29, 0.717) is 22.1 Å². The molecule has 0 spiro atoms. The van der Waals surface area contributed by atoms with E-state index in [1.807, 2.05) is 42.5 Å². The highest BCUT2D eigenvalue weighted by Crippen LogP contribution is 2.29. The summed E-state index contributed by atoms with van der Waals surface area (Å²) in [6, 6.07) is 15.1. The highest BCUT2D eigenvalue weighted by atomic mass is 35.5. The fraction of sp³-hybridized carbons (Fsp3) is 0. The molecule has 3 aromatic heterocycles. The van der Waals surface area contributed by atoms with Gasteiger partial charge in [-0.1, -0.05) is 23.7 Å². The number of rotatable bonds is 2. The van der Waals surface area contributed by atoms with Crippen LogP contribution < -0.4 is 0 Å². The maximum absolute atomic E-state index is 6.36. The van der Waals surface area contributed by atoms with Crippen molar-refractivity contribution in [1.29, 1.82) is 0 Å². The van der Waals surface area contributed by atoms with Gasteiger partial charge in [-0.05, 0) is 36.4 Å². The number of halogens is 2. The SMILES string of the molecule is Clc1cccc2c1nc(-c1ccc(-c3ccccn3)cn1)n2Cl. The van der Waals surface area contributed by atoms with Gasteiger partial charge in [0, 0.05) is 29.7 Å². The van der Waals surface area contributed by atoms with Gasteiger partial charge in [-0.3, -0.25) is 9.97 Å². The molecule has 0 atom stereocenters. The number of benzene rings is 1. The van der Waals surface area contributed by atoms with Crippen LogP contribution in [0.25, 0.3) is 33.8 Å². The minimum Gasteiger partial charge on any atom is -0.256 e. The first kappa shape index (κ1) is 14.2. The van der Waals surface area contributed by atoms with Gasteiger partial charge in [-0.15, -0.1) is 0 Å². The molecule has 3 heterocycles. The third-order valence-electron chi connectivity index (χ3n) is 3.53. The maximum Gasteiger partial charge on any atom is 0.174 e. The molecule has 0 saturated heterocycles. The lowest BCUT2D eigenvalue weighted by Crippen LogP contribution is -1.91. The molecule has 0 bridgehead atoms. The Morgan fingerprint density at radius 1 is 0.870 bits per heavy atom. The first-order valence-corrected chi connectivity index (χ1v) is 7.66. The highest BCUT2D eigenvalue weighted by Gasteiger charge is 2.14. The van der Waals surface area contributed by atoms with Crippen LogP contribution in [-0.2, 0) is 0 Å². The number of pyridine rings is 2. The Balaban J connectivity index is 1.80. The quantitative estimate of drug-likeness (QED) is 0.525. The lowest BCUT2D eigenvalue weighted by Gasteiger charge is -2.02. The molecular formula is C17H10Cl2N4. The van der Waals surface area contributed by atoms with Crippen molar-refractivity contribution < 1.29 is 0 Å². The van der Waals surface area contributed by atoms with E-state index in [0.717, 1.165) is 16.8 Å². The summed E-state index contributed by atoms with van der Waals surface area (Å²) in [6.45, 7) is 0. The average molecular weight is 341 g/mol. The molecule has 0 fully saturated rings. The van der Waals surface area contributed by atoms with E-state index in [-0.39, 0.29) is 0 Å². The molecule has 0 N–H and O–H groups in total. The fourth-order valence-electron chi connectivity index (χ4n) is 2.41. The molecule has 112 valence electrons. The van der Waals surface area contributed by atoms with Crippen molar-refractivity contribution in [2.45, 2.75) is 0 Å². The first-order chi connectivity index (χ1) is 11.2. The molecule has 0 saturated carbocycles. The number of hydrogen-bond acceptors (Lipinski definition) is 3. The van der Waals surface area contributed by atoms with E-state index in [1.165, 1.54) is 4.09 Å².